The molecular formula is C19H28N4O. The third-order valence-electron chi connectivity index (χ3n) is 6.21. The van der Waals surface area contributed by atoms with Crippen molar-refractivity contribution in [1.29, 1.82) is 0 Å². The largest absolute Gasteiger partial charge is 0.348 e. The summed E-state index contributed by atoms with van der Waals surface area (Å²) in [6.07, 6.45) is 6.47. The second-order valence-electron chi connectivity index (χ2n) is 8.09. The Morgan fingerprint density at radius 3 is 2.75 bits per heavy atom. The Balaban J connectivity index is 1.36. The van der Waals surface area contributed by atoms with E-state index in [0.29, 0.717) is 23.2 Å². The van der Waals surface area contributed by atoms with Crippen molar-refractivity contribution >= 4 is 11.7 Å². The summed E-state index contributed by atoms with van der Waals surface area (Å²) in [4.78, 5) is 21.9. The molecule has 0 spiro atoms. The third-order valence-corrected chi connectivity index (χ3v) is 6.21. The summed E-state index contributed by atoms with van der Waals surface area (Å²) in [7, 11) is 0. The smallest absolute Gasteiger partial charge is 0.253 e. The molecule has 24 heavy (non-hydrogen) atoms. The lowest BCUT2D eigenvalue weighted by molar-refractivity contribution is 0.0886. The molecule has 4 rings (SSSR count). The summed E-state index contributed by atoms with van der Waals surface area (Å²) >= 11 is 0. The minimum absolute atomic E-state index is 0.00429. The Morgan fingerprint density at radius 2 is 2.17 bits per heavy atom. The van der Waals surface area contributed by atoms with Crippen LogP contribution in [-0.2, 0) is 0 Å². The minimum atomic E-state index is 0.00429. The number of likely N-dealkylation sites (tertiary alicyclic amines) is 1. The van der Waals surface area contributed by atoms with Crippen LogP contribution < -0.4 is 10.2 Å². The lowest BCUT2D eigenvalue weighted by Crippen LogP contribution is -2.49. The molecule has 1 saturated carbocycles. The van der Waals surface area contributed by atoms with Gasteiger partial charge >= 0.3 is 0 Å². The summed E-state index contributed by atoms with van der Waals surface area (Å²) in [6.45, 7) is 8.81. The lowest BCUT2D eigenvalue weighted by atomic mass is 9.87. The SMILES string of the molecule is CC(C)N1CCC[C@H](NC(=O)c2ccc(N3C4CCC43C)nc2)C1. The molecule has 5 nitrogen and oxygen atoms in total. The van der Waals surface area contributed by atoms with Crippen LogP contribution in [0.15, 0.2) is 18.3 Å². The minimum Gasteiger partial charge on any atom is -0.348 e. The molecular weight excluding hydrogens is 300 g/mol. The summed E-state index contributed by atoms with van der Waals surface area (Å²) in [5, 5.41) is 3.19. The molecule has 1 aromatic heterocycles. The highest BCUT2D eigenvalue weighted by Gasteiger charge is 2.66. The number of carbonyl (C=O) groups is 1. The molecule has 1 amide bonds. The van der Waals surface area contributed by atoms with Crippen molar-refractivity contribution in [2.45, 2.75) is 70.1 Å². The number of nitrogens with zero attached hydrogens (tertiary/aromatic N) is 3. The number of piperidine rings is 1. The van der Waals surface area contributed by atoms with Gasteiger partial charge in [0, 0.05) is 24.8 Å². The number of amides is 1. The van der Waals surface area contributed by atoms with Gasteiger partial charge in [0.25, 0.3) is 5.91 Å². The van der Waals surface area contributed by atoms with E-state index in [2.05, 4.69) is 40.9 Å². The van der Waals surface area contributed by atoms with E-state index in [9.17, 15) is 4.79 Å². The number of fused-ring (bicyclic) bond motifs is 1. The highest BCUT2D eigenvalue weighted by molar-refractivity contribution is 5.94. The van der Waals surface area contributed by atoms with Gasteiger partial charge in [-0.15, -0.1) is 0 Å². The average molecular weight is 328 g/mol. The van der Waals surface area contributed by atoms with Gasteiger partial charge in [0.05, 0.1) is 17.1 Å². The van der Waals surface area contributed by atoms with Crippen molar-refractivity contribution in [3.05, 3.63) is 23.9 Å². The molecule has 0 radical (unpaired) electrons. The Hall–Kier alpha value is -1.62. The Labute approximate surface area is 144 Å². The van der Waals surface area contributed by atoms with E-state index in [1.54, 1.807) is 6.20 Å². The number of nitrogens with one attached hydrogen (secondary N) is 1. The quantitative estimate of drug-likeness (QED) is 0.863. The predicted molar refractivity (Wildman–Crippen MR) is 95.3 cm³/mol. The molecule has 1 N–H and O–H groups in total. The third kappa shape index (κ3) is 2.59. The first kappa shape index (κ1) is 15.9. The van der Waals surface area contributed by atoms with Crippen LogP contribution in [0.5, 0.6) is 0 Å². The fourth-order valence-electron chi connectivity index (χ4n) is 4.39. The zero-order chi connectivity index (χ0) is 16.9. The van der Waals surface area contributed by atoms with E-state index in [1.165, 1.54) is 12.8 Å². The van der Waals surface area contributed by atoms with E-state index in [1.807, 2.05) is 12.1 Å². The van der Waals surface area contributed by atoms with Crippen molar-refractivity contribution in [3.63, 3.8) is 0 Å². The first-order valence-electron chi connectivity index (χ1n) is 9.29. The summed E-state index contributed by atoms with van der Waals surface area (Å²) in [5.74, 6) is 1.02. The van der Waals surface area contributed by atoms with Gasteiger partial charge in [0.1, 0.15) is 5.82 Å². The van der Waals surface area contributed by atoms with Crippen LogP contribution in [-0.4, -0.2) is 52.5 Å². The number of hydrogen-bond acceptors (Lipinski definition) is 4. The summed E-state index contributed by atoms with van der Waals surface area (Å²) < 4.78 is 0. The molecule has 3 aliphatic rings. The molecule has 0 aromatic carbocycles. The Morgan fingerprint density at radius 1 is 1.38 bits per heavy atom. The zero-order valence-corrected chi connectivity index (χ0v) is 15.0. The maximum absolute atomic E-state index is 12.5. The predicted octanol–water partition coefficient (Wildman–Crippen LogP) is 2.43. The molecule has 130 valence electrons. The standard InChI is InChI=1S/C19H28N4O/c1-13(2)22-10-4-5-15(12-22)21-18(24)14-6-7-17(20-11-14)23-16-8-9-19(16,23)3/h6-7,11,13,15-16H,4-5,8-10,12H2,1-3H3,(H,21,24)/t15-,16?,19?,23?/m0/s1. The van der Waals surface area contributed by atoms with Crippen LogP contribution in [0.25, 0.3) is 0 Å². The van der Waals surface area contributed by atoms with Gasteiger partial charge < -0.3 is 10.2 Å². The molecule has 1 aliphatic carbocycles. The topological polar surface area (TPSA) is 48.2 Å². The van der Waals surface area contributed by atoms with Crippen LogP contribution >= 0.6 is 0 Å². The molecule has 3 fully saturated rings. The first-order chi connectivity index (χ1) is 11.5. The van der Waals surface area contributed by atoms with Crippen LogP contribution in [0.2, 0.25) is 0 Å². The van der Waals surface area contributed by atoms with Gasteiger partial charge in [0.2, 0.25) is 0 Å². The highest BCUT2D eigenvalue weighted by Crippen LogP contribution is 2.57. The fourth-order valence-corrected chi connectivity index (χ4v) is 4.39. The van der Waals surface area contributed by atoms with E-state index in [4.69, 9.17) is 0 Å². The average Bonchev–Trinajstić information content (AvgIpc) is 3.01. The molecule has 2 saturated heterocycles. The molecule has 1 aromatic rings. The molecule has 2 aliphatic heterocycles. The Bertz CT molecular complexity index is 629. The summed E-state index contributed by atoms with van der Waals surface area (Å²) in [6, 6.07) is 5.38. The van der Waals surface area contributed by atoms with Crippen LogP contribution in [0, 0.1) is 0 Å². The highest BCUT2D eigenvalue weighted by atomic mass is 16.1. The normalized spacial score (nSPS) is 32.2. The van der Waals surface area contributed by atoms with E-state index >= 15 is 0 Å². The van der Waals surface area contributed by atoms with Crippen LogP contribution in [0.1, 0.15) is 56.8 Å². The summed E-state index contributed by atoms with van der Waals surface area (Å²) in [5.41, 5.74) is 1.01. The first-order valence-corrected chi connectivity index (χ1v) is 9.29. The van der Waals surface area contributed by atoms with Gasteiger partial charge in [-0.2, -0.15) is 0 Å². The van der Waals surface area contributed by atoms with Crippen molar-refractivity contribution in [1.82, 2.24) is 15.2 Å². The van der Waals surface area contributed by atoms with Gasteiger partial charge in [0.15, 0.2) is 0 Å². The van der Waals surface area contributed by atoms with Gasteiger partial charge in [-0.05, 0) is 65.1 Å². The number of hydrogen-bond donors (Lipinski definition) is 1. The van der Waals surface area contributed by atoms with Crippen molar-refractivity contribution in [2.24, 2.45) is 0 Å². The van der Waals surface area contributed by atoms with E-state index in [-0.39, 0.29) is 11.9 Å². The zero-order valence-electron chi connectivity index (χ0n) is 15.0. The maximum Gasteiger partial charge on any atom is 0.253 e. The van der Waals surface area contributed by atoms with Crippen molar-refractivity contribution in [3.8, 4) is 0 Å². The van der Waals surface area contributed by atoms with Gasteiger partial charge in [-0.1, -0.05) is 0 Å². The van der Waals surface area contributed by atoms with Crippen LogP contribution in [0.4, 0.5) is 5.82 Å². The van der Waals surface area contributed by atoms with E-state index in [0.717, 1.165) is 31.7 Å². The van der Waals surface area contributed by atoms with Crippen molar-refractivity contribution < 1.29 is 4.79 Å². The van der Waals surface area contributed by atoms with Crippen LogP contribution in [0.3, 0.4) is 0 Å². The lowest BCUT2D eigenvalue weighted by Gasteiger charge is -2.35. The molecule has 0 bridgehead atoms. The number of anilines is 1. The van der Waals surface area contributed by atoms with Crippen molar-refractivity contribution in [2.75, 3.05) is 18.0 Å². The monoisotopic (exact) mass is 328 g/mol. The molecule has 2 unspecified atom stereocenters. The second kappa shape index (κ2) is 5.73. The fraction of sp³-hybridized carbons (Fsp3) is 0.684. The second-order valence-corrected chi connectivity index (χ2v) is 8.09. The number of pyridine rings is 1. The van der Waals surface area contributed by atoms with Gasteiger partial charge in [-0.3, -0.25) is 9.69 Å². The maximum atomic E-state index is 12.5. The van der Waals surface area contributed by atoms with E-state index < -0.39 is 0 Å². The number of carbonyl (C=O) groups excluding carboxylic acids is 1. The molecule has 3 heterocycles. The number of rotatable bonds is 4. The molecule has 5 heteroatoms. The molecule has 3 atom stereocenters. The van der Waals surface area contributed by atoms with Gasteiger partial charge in [-0.25, -0.2) is 4.98 Å². The Kier molecular flexibility index (Phi) is 3.79. The number of aromatic nitrogens is 1.